The fourth-order valence-corrected chi connectivity index (χ4v) is 2.15. The predicted octanol–water partition coefficient (Wildman–Crippen LogP) is 3.33. The Kier molecular flexibility index (Phi) is 3.26. The molecule has 3 rings (SSSR count). The largest absolute Gasteiger partial charge is 0.428 e. The van der Waals surface area contributed by atoms with E-state index in [0.717, 1.165) is 12.1 Å². The molecule has 0 fully saturated rings. The van der Waals surface area contributed by atoms with Gasteiger partial charge in [-0.2, -0.15) is 0 Å². The third kappa shape index (κ3) is 2.55. The lowest BCUT2D eigenvalue weighted by Gasteiger charge is -2.07. The SMILES string of the molecule is O=[N+]([O-])c1cc(F)ccc1Oc1nc(Br)cn2ccnc12. The second-order valence-corrected chi connectivity index (χ2v) is 4.81. The van der Waals surface area contributed by atoms with Gasteiger partial charge in [-0.1, -0.05) is 0 Å². The summed E-state index contributed by atoms with van der Waals surface area (Å²) in [5, 5.41) is 11.0. The molecular weight excluding hydrogens is 347 g/mol. The van der Waals surface area contributed by atoms with Crippen LogP contribution in [0.25, 0.3) is 5.65 Å². The van der Waals surface area contributed by atoms with Gasteiger partial charge in [0.1, 0.15) is 10.4 Å². The number of aromatic nitrogens is 3. The first-order valence-electron chi connectivity index (χ1n) is 5.65. The third-order valence-electron chi connectivity index (χ3n) is 2.64. The summed E-state index contributed by atoms with van der Waals surface area (Å²) in [6.45, 7) is 0. The molecule has 0 saturated heterocycles. The van der Waals surface area contributed by atoms with E-state index in [1.165, 1.54) is 12.3 Å². The molecule has 0 aliphatic heterocycles. The lowest BCUT2D eigenvalue weighted by molar-refractivity contribution is -0.385. The van der Waals surface area contributed by atoms with E-state index in [-0.39, 0.29) is 11.6 Å². The van der Waals surface area contributed by atoms with Crippen LogP contribution in [0.15, 0.2) is 41.4 Å². The normalized spacial score (nSPS) is 10.8. The first-order valence-corrected chi connectivity index (χ1v) is 6.45. The number of benzene rings is 1. The van der Waals surface area contributed by atoms with Gasteiger partial charge in [-0.3, -0.25) is 14.5 Å². The molecule has 21 heavy (non-hydrogen) atoms. The van der Waals surface area contributed by atoms with Crippen molar-refractivity contribution < 1.29 is 14.1 Å². The van der Waals surface area contributed by atoms with Crippen LogP contribution in [0.3, 0.4) is 0 Å². The molecule has 0 aliphatic rings. The second-order valence-electron chi connectivity index (χ2n) is 4.00. The molecule has 3 aromatic rings. The summed E-state index contributed by atoms with van der Waals surface area (Å²) in [4.78, 5) is 18.4. The highest BCUT2D eigenvalue weighted by molar-refractivity contribution is 9.10. The summed E-state index contributed by atoms with van der Waals surface area (Å²) in [6.07, 6.45) is 4.87. The van der Waals surface area contributed by atoms with E-state index in [1.54, 1.807) is 16.8 Å². The number of ether oxygens (including phenoxy) is 1. The molecule has 0 amide bonds. The van der Waals surface area contributed by atoms with Crippen LogP contribution in [-0.4, -0.2) is 19.3 Å². The minimum atomic E-state index is -0.723. The molecular formula is C12H6BrFN4O3. The Morgan fingerprint density at radius 2 is 2.24 bits per heavy atom. The fourth-order valence-electron chi connectivity index (χ4n) is 1.77. The molecule has 1 aromatic carbocycles. The van der Waals surface area contributed by atoms with Crippen molar-refractivity contribution in [2.24, 2.45) is 0 Å². The van der Waals surface area contributed by atoms with Crippen LogP contribution in [0.4, 0.5) is 10.1 Å². The quantitative estimate of drug-likeness (QED) is 0.533. The maximum absolute atomic E-state index is 13.1. The van der Waals surface area contributed by atoms with Crippen LogP contribution in [-0.2, 0) is 0 Å². The van der Waals surface area contributed by atoms with Crippen molar-refractivity contribution in [3.8, 4) is 11.6 Å². The van der Waals surface area contributed by atoms with Crippen molar-refractivity contribution in [3.05, 3.63) is 57.3 Å². The Balaban J connectivity index is 2.10. The molecule has 9 heteroatoms. The van der Waals surface area contributed by atoms with Crippen molar-refractivity contribution >= 4 is 27.3 Å². The maximum atomic E-state index is 13.1. The number of nitro benzene ring substituents is 1. The van der Waals surface area contributed by atoms with Crippen LogP contribution in [0.5, 0.6) is 11.6 Å². The van der Waals surface area contributed by atoms with E-state index in [1.807, 2.05) is 0 Å². The zero-order valence-electron chi connectivity index (χ0n) is 10.2. The smallest absolute Gasteiger partial charge is 0.314 e. The third-order valence-corrected chi connectivity index (χ3v) is 3.02. The first kappa shape index (κ1) is 13.4. The van der Waals surface area contributed by atoms with E-state index in [9.17, 15) is 14.5 Å². The van der Waals surface area contributed by atoms with Gasteiger partial charge in [-0.25, -0.2) is 14.4 Å². The zero-order chi connectivity index (χ0) is 15.0. The Labute approximate surface area is 125 Å². The van der Waals surface area contributed by atoms with Gasteiger partial charge in [-0.15, -0.1) is 0 Å². The molecule has 2 heterocycles. The molecule has 0 unspecified atom stereocenters. The van der Waals surface area contributed by atoms with Crippen LogP contribution in [0.1, 0.15) is 0 Å². The van der Waals surface area contributed by atoms with Gasteiger partial charge < -0.3 is 4.74 Å². The highest BCUT2D eigenvalue weighted by atomic mass is 79.9. The van der Waals surface area contributed by atoms with E-state index in [2.05, 4.69) is 25.9 Å². The van der Waals surface area contributed by atoms with E-state index >= 15 is 0 Å². The number of imidazole rings is 1. The van der Waals surface area contributed by atoms with Crippen LogP contribution in [0.2, 0.25) is 0 Å². The van der Waals surface area contributed by atoms with Crippen molar-refractivity contribution in [2.45, 2.75) is 0 Å². The Morgan fingerprint density at radius 1 is 1.43 bits per heavy atom. The van der Waals surface area contributed by atoms with E-state index < -0.39 is 16.4 Å². The minimum Gasteiger partial charge on any atom is -0.428 e. The van der Waals surface area contributed by atoms with Gasteiger partial charge in [0.25, 0.3) is 5.88 Å². The van der Waals surface area contributed by atoms with Gasteiger partial charge in [0.2, 0.25) is 11.4 Å². The van der Waals surface area contributed by atoms with E-state index in [0.29, 0.717) is 10.3 Å². The van der Waals surface area contributed by atoms with Crippen molar-refractivity contribution in [1.82, 2.24) is 14.4 Å². The molecule has 0 aliphatic carbocycles. The number of nitro groups is 1. The summed E-state index contributed by atoms with van der Waals surface area (Å²) in [5.41, 5.74) is -0.0988. The van der Waals surface area contributed by atoms with Crippen LogP contribution < -0.4 is 4.74 Å². The summed E-state index contributed by atoms with van der Waals surface area (Å²) in [5.74, 6) is -0.761. The Morgan fingerprint density at radius 3 is 3.00 bits per heavy atom. The molecule has 0 radical (unpaired) electrons. The lowest BCUT2D eigenvalue weighted by Crippen LogP contribution is -1.98. The molecule has 7 nitrogen and oxygen atoms in total. The maximum Gasteiger partial charge on any atom is 0.314 e. The fraction of sp³-hybridized carbons (Fsp3) is 0. The van der Waals surface area contributed by atoms with Gasteiger partial charge in [0, 0.05) is 18.6 Å². The van der Waals surface area contributed by atoms with Gasteiger partial charge >= 0.3 is 5.69 Å². The predicted molar refractivity (Wildman–Crippen MR) is 73.8 cm³/mol. The van der Waals surface area contributed by atoms with Gasteiger partial charge in [0.15, 0.2) is 0 Å². The number of nitrogens with zero attached hydrogens (tertiary/aromatic N) is 4. The molecule has 0 spiro atoms. The molecule has 0 N–H and O–H groups in total. The summed E-state index contributed by atoms with van der Waals surface area (Å²) in [6, 6.07) is 3.04. The molecule has 2 aromatic heterocycles. The van der Waals surface area contributed by atoms with E-state index in [4.69, 9.17) is 4.74 Å². The van der Waals surface area contributed by atoms with Crippen molar-refractivity contribution in [2.75, 3.05) is 0 Å². The standard InChI is InChI=1S/C12H6BrFN4O3/c13-10-6-17-4-3-15-11(17)12(16-10)21-9-2-1-7(14)5-8(9)18(19)20/h1-6H. The highest BCUT2D eigenvalue weighted by Gasteiger charge is 2.19. The van der Waals surface area contributed by atoms with Crippen molar-refractivity contribution in [3.63, 3.8) is 0 Å². The monoisotopic (exact) mass is 352 g/mol. The molecule has 0 bridgehead atoms. The van der Waals surface area contributed by atoms with Crippen LogP contribution >= 0.6 is 15.9 Å². The number of hydrogen-bond acceptors (Lipinski definition) is 5. The number of hydrogen-bond donors (Lipinski definition) is 0. The lowest BCUT2D eigenvalue weighted by atomic mass is 10.3. The summed E-state index contributed by atoms with van der Waals surface area (Å²) in [7, 11) is 0. The topological polar surface area (TPSA) is 82.6 Å². The summed E-state index contributed by atoms with van der Waals surface area (Å²) < 4.78 is 20.7. The van der Waals surface area contributed by atoms with Crippen LogP contribution in [0, 0.1) is 15.9 Å². The second kappa shape index (κ2) is 5.09. The van der Waals surface area contributed by atoms with Gasteiger partial charge in [0.05, 0.1) is 11.0 Å². The first-order chi connectivity index (χ1) is 10.0. The van der Waals surface area contributed by atoms with Crippen molar-refractivity contribution in [1.29, 1.82) is 0 Å². The van der Waals surface area contributed by atoms with Gasteiger partial charge in [-0.05, 0) is 28.1 Å². The average Bonchev–Trinajstić information content (AvgIpc) is 2.88. The number of halogens is 2. The Bertz CT molecular complexity index is 852. The molecule has 106 valence electrons. The zero-order valence-corrected chi connectivity index (χ0v) is 11.8. The summed E-state index contributed by atoms with van der Waals surface area (Å²) >= 11 is 3.21. The highest BCUT2D eigenvalue weighted by Crippen LogP contribution is 2.32. The Hall–Kier alpha value is -2.55. The number of rotatable bonds is 3. The molecule has 0 atom stereocenters. The molecule has 0 saturated carbocycles. The average molecular weight is 353 g/mol. The number of fused-ring (bicyclic) bond motifs is 1. The minimum absolute atomic E-state index is 0.0732.